The van der Waals surface area contributed by atoms with E-state index < -0.39 is 10.0 Å². The third kappa shape index (κ3) is 3.35. The van der Waals surface area contributed by atoms with E-state index in [1.54, 1.807) is 36.3 Å². The molecule has 0 aliphatic carbocycles. The van der Waals surface area contributed by atoms with Crippen LogP contribution in [-0.4, -0.2) is 12.4 Å². The molecule has 0 N–H and O–H groups in total. The second-order valence-electron chi connectivity index (χ2n) is 5.37. The first-order valence-electron chi connectivity index (χ1n) is 7.20. The van der Waals surface area contributed by atoms with E-state index >= 15 is 0 Å². The fourth-order valence-corrected chi connectivity index (χ4v) is 4.46. The van der Waals surface area contributed by atoms with Gasteiger partial charge in [-0.3, -0.25) is 0 Å². The summed E-state index contributed by atoms with van der Waals surface area (Å²) in [6, 6.07) is 16.8. The van der Waals surface area contributed by atoms with Crippen LogP contribution in [0.2, 0.25) is 0 Å². The zero-order chi connectivity index (χ0) is 16.4. The van der Waals surface area contributed by atoms with Gasteiger partial charge in [-0.15, -0.1) is 0 Å². The van der Waals surface area contributed by atoms with Crippen LogP contribution in [0.25, 0.3) is 0 Å². The van der Waals surface area contributed by atoms with Crippen LogP contribution in [0, 0.1) is 13.8 Å². The monoisotopic (exact) mass is 343 g/mol. The summed E-state index contributed by atoms with van der Waals surface area (Å²) in [5.41, 5.74) is 1.97. The third-order valence-corrected chi connectivity index (χ3v) is 6.31. The Kier molecular flexibility index (Phi) is 4.33. The molecular formula is C18H17NO2S2. The quantitative estimate of drug-likeness (QED) is 0.700. The zero-order valence-electron chi connectivity index (χ0n) is 12.9. The van der Waals surface area contributed by atoms with E-state index in [2.05, 4.69) is 0 Å². The van der Waals surface area contributed by atoms with Crippen molar-refractivity contribution in [3.05, 3.63) is 78.1 Å². The molecule has 0 saturated carbocycles. The molecule has 0 fully saturated rings. The molecule has 0 aliphatic rings. The molecule has 0 amide bonds. The number of rotatable bonds is 4. The number of benzene rings is 2. The van der Waals surface area contributed by atoms with Crippen molar-refractivity contribution < 1.29 is 8.42 Å². The smallest absolute Gasteiger partial charge is 0.248 e. The number of nitrogens with zero attached hydrogens (tertiary/aromatic N) is 1. The van der Waals surface area contributed by atoms with Crippen LogP contribution in [-0.2, 0) is 10.0 Å². The molecule has 0 radical (unpaired) electrons. The summed E-state index contributed by atoms with van der Waals surface area (Å²) in [5, 5.41) is 0. The summed E-state index contributed by atoms with van der Waals surface area (Å²) < 4.78 is 26.7. The predicted molar refractivity (Wildman–Crippen MR) is 93.5 cm³/mol. The summed E-state index contributed by atoms with van der Waals surface area (Å²) in [7, 11) is -3.55. The molecule has 0 unspecified atom stereocenters. The molecule has 0 spiro atoms. The van der Waals surface area contributed by atoms with Crippen molar-refractivity contribution in [1.29, 1.82) is 0 Å². The van der Waals surface area contributed by atoms with Crippen molar-refractivity contribution in [2.45, 2.75) is 28.5 Å². The van der Waals surface area contributed by atoms with Gasteiger partial charge in [0, 0.05) is 22.2 Å². The van der Waals surface area contributed by atoms with Crippen LogP contribution in [0.4, 0.5) is 0 Å². The first-order chi connectivity index (χ1) is 11.0. The van der Waals surface area contributed by atoms with Gasteiger partial charge in [0.2, 0.25) is 0 Å². The van der Waals surface area contributed by atoms with Crippen molar-refractivity contribution in [1.82, 2.24) is 3.97 Å². The number of aryl methyl sites for hydroxylation is 2. The Morgan fingerprint density at radius 3 is 2.17 bits per heavy atom. The summed E-state index contributed by atoms with van der Waals surface area (Å²) >= 11 is 1.56. The van der Waals surface area contributed by atoms with E-state index in [0.29, 0.717) is 4.90 Å². The highest BCUT2D eigenvalue weighted by Gasteiger charge is 2.18. The van der Waals surface area contributed by atoms with Gasteiger partial charge in [-0.05, 0) is 43.7 Å². The average molecular weight is 343 g/mol. The minimum absolute atomic E-state index is 0.300. The van der Waals surface area contributed by atoms with Crippen molar-refractivity contribution >= 4 is 21.8 Å². The predicted octanol–water partition coefficient (Wildman–Crippen LogP) is 4.49. The van der Waals surface area contributed by atoms with Gasteiger partial charge >= 0.3 is 0 Å². The Bertz CT molecular complexity index is 911. The molecule has 1 aromatic heterocycles. The fraction of sp³-hybridized carbons (Fsp3) is 0.111. The summed E-state index contributed by atoms with van der Waals surface area (Å²) in [6.45, 7) is 3.86. The van der Waals surface area contributed by atoms with Crippen molar-refractivity contribution in [2.24, 2.45) is 0 Å². The fourth-order valence-electron chi connectivity index (χ4n) is 2.20. The van der Waals surface area contributed by atoms with E-state index in [0.717, 1.165) is 20.9 Å². The maximum absolute atomic E-state index is 12.7. The Hall–Kier alpha value is -1.98. The largest absolute Gasteiger partial charge is 0.267 e. The molecule has 3 nitrogen and oxygen atoms in total. The number of hydrogen-bond donors (Lipinski definition) is 0. The molecule has 2 aromatic carbocycles. The van der Waals surface area contributed by atoms with Crippen LogP contribution in [0.5, 0.6) is 0 Å². The standard InChI is InChI=1S/C18H17NO2S2/c1-14-8-10-17(11-9-14)23(20,21)19-12-15(2)18(13-19)22-16-6-4-3-5-7-16/h3-13H,1-2H3. The SMILES string of the molecule is Cc1ccc(S(=O)(=O)n2cc(C)c(Sc3ccccc3)c2)cc1. The van der Waals surface area contributed by atoms with Gasteiger partial charge in [0.25, 0.3) is 10.0 Å². The summed E-state index contributed by atoms with van der Waals surface area (Å²) in [4.78, 5) is 2.32. The Morgan fingerprint density at radius 2 is 1.52 bits per heavy atom. The molecule has 0 saturated heterocycles. The van der Waals surface area contributed by atoms with Gasteiger partial charge < -0.3 is 0 Å². The molecule has 1 heterocycles. The Morgan fingerprint density at radius 1 is 0.870 bits per heavy atom. The summed E-state index contributed by atoms with van der Waals surface area (Å²) in [5.74, 6) is 0. The third-order valence-electron chi connectivity index (χ3n) is 3.52. The van der Waals surface area contributed by atoms with E-state index in [1.165, 1.54) is 3.97 Å². The molecule has 0 bridgehead atoms. The maximum Gasteiger partial charge on any atom is 0.267 e. The lowest BCUT2D eigenvalue weighted by molar-refractivity contribution is 0.587. The van der Waals surface area contributed by atoms with Crippen molar-refractivity contribution in [3.63, 3.8) is 0 Å². The minimum atomic E-state index is -3.55. The molecule has 118 valence electrons. The molecule has 3 rings (SSSR count). The van der Waals surface area contributed by atoms with E-state index in [1.807, 2.05) is 56.3 Å². The molecule has 5 heteroatoms. The van der Waals surface area contributed by atoms with Gasteiger partial charge in [0.1, 0.15) is 0 Å². The van der Waals surface area contributed by atoms with Gasteiger partial charge in [-0.2, -0.15) is 0 Å². The molecule has 0 aliphatic heterocycles. The molecule has 23 heavy (non-hydrogen) atoms. The minimum Gasteiger partial charge on any atom is -0.248 e. The van der Waals surface area contributed by atoms with Crippen LogP contribution in [0.15, 0.2) is 81.7 Å². The normalized spacial score (nSPS) is 11.6. The molecular weight excluding hydrogens is 326 g/mol. The van der Waals surface area contributed by atoms with Gasteiger partial charge in [0.05, 0.1) is 4.90 Å². The topological polar surface area (TPSA) is 39.1 Å². The van der Waals surface area contributed by atoms with Crippen molar-refractivity contribution in [3.8, 4) is 0 Å². The molecule has 3 aromatic rings. The van der Waals surface area contributed by atoms with Crippen LogP contribution < -0.4 is 0 Å². The Balaban J connectivity index is 1.95. The second-order valence-corrected chi connectivity index (χ2v) is 8.33. The Labute approximate surface area is 141 Å². The van der Waals surface area contributed by atoms with Gasteiger partial charge in [-0.25, -0.2) is 12.4 Å². The highest BCUT2D eigenvalue weighted by molar-refractivity contribution is 7.99. The lowest BCUT2D eigenvalue weighted by Crippen LogP contribution is -2.10. The van der Waals surface area contributed by atoms with E-state index in [-0.39, 0.29) is 0 Å². The van der Waals surface area contributed by atoms with Crippen LogP contribution in [0.3, 0.4) is 0 Å². The lowest BCUT2D eigenvalue weighted by atomic mass is 10.2. The average Bonchev–Trinajstić information content (AvgIpc) is 2.90. The van der Waals surface area contributed by atoms with Gasteiger partial charge in [0.15, 0.2) is 0 Å². The summed E-state index contributed by atoms with van der Waals surface area (Å²) in [6.07, 6.45) is 3.35. The maximum atomic E-state index is 12.7. The van der Waals surface area contributed by atoms with E-state index in [9.17, 15) is 8.42 Å². The first kappa shape index (κ1) is 15.9. The van der Waals surface area contributed by atoms with Crippen molar-refractivity contribution in [2.75, 3.05) is 0 Å². The second kappa shape index (κ2) is 6.26. The zero-order valence-corrected chi connectivity index (χ0v) is 14.6. The molecule has 0 atom stereocenters. The lowest BCUT2D eigenvalue weighted by Gasteiger charge is -2.05. The number of hydrogen-bond acceptors (Lipinski definition) is 3. The van der Waals surface area contributed by atoms with Crippen LogP contribution in [0.1, 0.15) is 11.1 Å². The van der Waals surface area contributed by atoms with Crippen LogP contribution >= 0.6 is 11.8 Å². The number of aromatic nitrogens is 1. The van der Waals surface area contributed by atoms with Gasteiger partial charge in [-0.1, -0.05) is 47.7 Å². The highest BCUT2D eigenvalue weighted by atomic mass is 32.2. The first-order valence-corrected chi connectivity index (χ1v) is 9.46. The highest BCUT2D eigenvalue weighted by Crippen LogP contribution is 2.31. The van der Waals surface area contributed by atoms with E-state index in [4.69, 9.17) is 0 Å².